The van der Waals surface area contributed by atoms with E-state index in [9.17, 15) is 8.78 Å². The fourth-order valence-electron chi connectivity index (χ4n) is 1.61. The van der Waals surface area contributed by atoms with Crippen molar-refractivity contribution < 1.29 is 13.5 Å². The van der Waals surface area contributed by atoms with Crippen molar-refractivity contribution in [2.45, 2.75) is 13.2 Å². The molecule has 0 saturated heterocycles. The minimum atomic E-state index is -0.741. The fourth-order valence-corrected chi connectivity index (χ4v) is 1.86. The molecule has 0 fully saturated rings. The Morgan fingerprint density at radius 2 is 1.79 bits per heavy atom. The normalized spacial score (nSPS) is 10.5. The van der Waals surface area contributed by atoms with Crippen molar-refractivity contribution in [3.8, 4) is 5.75 Å². The lowest BCUT2D eigenvalue weighted by Gasteiger charge is -2.10. The van der Waals surface area contributed by atoms with Crippen molar-refractivity contribution in [3.05, 3.63) is 64.2 Å². The molecule has 0 unspecified atom stereocenters. The average molecular weight is 284 g/mol. The van der Waals surface area contributed by atoms with Crippen LogP contribution in [0, 0.1) is 11.6 Å². The molecule has 19 heavy (non-hydrogen) atoms. The zero-order valence-corrected chi connectivity index (χ0v) is 10.8. The average Bonchev–Trinajstić information content (AvgIpc) is 2.39. The van der Waals surface area contributed by atoms with Crippen LogP contribution in [0.4, 0.5) is 8.78 Å². The summed E-state index contributed by atoms with van der Waals surface area (Å²) in [7, 11) is 0. The third kappa shape index (κ3) is 3.22. The first-order valence-corrected chi connectivity index (χ1v) is 6.04. The maximum Gasteiger partial charge on any atom is 0.191 e. The van der Waals surface area contributed by atoms with Crippen LogP contribution in [-0.4, -0.2) is 0 Å². The maximum absolute atomic E-state index is 13.4. The lowest BCUT2D eigenvalue weighted by molar-refractivity contribution is 0.274. The first kappa shape index (κ1) is 13.8. The molecule has 0 bridgehead atoms. The van der Waals surface area contributed by atoms with Gasteiger partial charge in [-0.05, 0) is 23.8 Å². The molecule has 0 heterocycles. The van der Waals surface area contributed by atoms with Crippen LogP contribution >= 0.6 is 11.6 Å². The van der Waals surface area contributed by atoms with Crippen LogP contribution in [0.2, 0.25) is 5.02 Å². The summed E-state index contributed by atoms with van der Waals surface area (Å²) in [5, 5.41) is 0.458. The summed E-state index contributed by atoms with van der Waals surface area (Å²) in [6.07, 6.45) is 0. The van der Waals surface area contributed by atoms with Gasteiger partial charge >= 0.3 is 0 Å². The second-order valence-corrected chi connectivity index (χ2v) is 4.38. The molecule has 0 aliphatic heterocycles. The van der Waals surface area contributed by atoms with E-state index in [2.05, 4.69) is 0 Å². The van der Waals surface area contributed by atoms with Crippen LogP contribution in [0.25, 0.3) is 0 Å². The van der Waals surface area contributed by atoms with Gasteiger partial charge in [0.25, 0.3) is 0 Å². The van der Waals surface area contributed by atoms with Crippen molar-refractivity contribution >= 4 is 11.6 Å². The predicted molar refractivity (Wildman–Crippen MR) is 70.0 cm³/mol. The summed E-state index contributed by atoms with van der Waals surface area (Å²) in [6.45, 7) is 0.365. The first-order chi connectivity index (χ1) is 9.11. The number of hydrogen-bond acceptors (Lipinski definition) is 2. The Balaban J connectivity index is 2.15. The van der Waals surface area contributed by atoms with E-state index < -0.39 is 17.4 Å². The van der Waals surface area contributed by atoms with E-state index in [1.807, 2.05) is 0 Å². The quantitative estimate of drug-likeness (QED) is 0.929. The molecule has 2 N–H and O–H groups in total. The van der Waals surface area contributed by atoms with Crippen LogP contribution in [0.3, 0.4) is 0 Å². The molecular weight excluding hydrogens is 272 g/mol. The molecule has 5 heteroatoms. The molecule has 2 nitrogen and oxygen atoms in total. The van der Waals surface area contributed by atoms with E-state index in [1.54, 1.807) is 18.2 Å². The van der Waals surface area contributed by atoms with Crippen molar-refractivity contribution in [1.29, 1.82) is 0 Å². The third-order valence-corrected chi connectivity index (χ3v) is 3.00. The Kier molecular flexibility index (Phi) is 4.35. The molecule has 0 atom stereocenters. The maximum atomic E-state index is 13.4. The molecule has 2 aromatic rings. The smallest absolute Gasteiger partial charge is 0.191 e. The Bertz CT molecular complexity index is 569. The summed E-state index contributed by atoms with van der Waals surface area (Å²) in [5.41, 5.74) is 7.01. The Morgan fingerprint density at radius 1 is 1.11 bits per heavy atom. The summed E-state index contributed by atoms with van der Waals surface area (Å²) >= 11 is 6.03. The molecule has 0 saturated carbocycles. The molecule has 0 amide bonds. The predicted octanol–water partition coefficient (Wildman–Crippen LogP) is 3.66. The van der Waals surface area contributed by atoms with E-state index in [0.717, 1.165) is 17.7 Å². The molecule has 0 aliphatic rings. The monoisotopic (exact) mass is 283 g/mol. The van der Waals surface area contributed by atoms with Crippen LogP contribution < -0.4 is 10.5 Å². The van der Waals surface area contributed by atoms with Gasteiger partial charge in [-0.15, -0.1) is 0 Å². The third-order valence-electron chi connectivity index (χ3n) is 2.64. The van der Waals surface area contributed by atoms with Crippen LogP contribution in [0.15, 0.2) is 36.4 Å². The van der Waals surface area contributed by atoms with Gasteiger partial charge in [-0.1, -0.05) is 29.8 Å². The number of rotatable bonds is 4. The summed E-state index contributed by atoms with van der Waals surface area (Å²) in [6, 6.07) is 8.78. The summed E-state index contributed by atoms with van der Waals surface area (Å²) in [5.74, 6) is -1.88. The van der Waals surface area contributed by atoms with Crippen molar-refractivity contribution in [1.82, 2.24) is 0 Å². The Morgan fingerprint density at radius 3 is 2.37 bits per heavy atom. The largest absolute Gasteiger partial charge is 0.483 e. The van der Waals surface area contributed by atoms with Gasteiger partial charge < -0.3 is 10.5 Å². The molecule has 2 rings (SSSR count). The Labute approximate surface area is 114 Å². The second kappa shape index (κ2) is 5.99. The van der Waals surface area contributed by atoms with Crippen LogP contribution in [0.1, 0.15) is 11.1 Å². The van der Waals surface area contributed by atoms with Gasteiger partial charge in [-0.3, -0.25) is 0 Å². The van der Waals surface area contributed by atoms with Gasteiger partial charge in [0.15, 0.2) is 17.4 Å². The van der Waals surface area contributed by atoms with Crippen molar-refractivity contribution in [2.75, 3.05) is 0 Å². The topological polar surface area (TPSA) is 35.2 Å². The van der Waals surface area contributed by atoms with E-state index in [0.29, 0.717) is 17.1 Å². The highest BCUT2D eigenvalue weighted by Gasteiger charge is 2.10. The Hall–Kier alpha value is -1.65. The zero-order chi connectivity index (χ0) is 13.8. The molecule has 2 aromatic carbocycles. The lowest BCUT2D eigenvalue weighted by Crippen LogP contribution is -2.02. The molecule has 100 valence electrons. The minimum absolute atomic E-state index is 0.0124. The fraction of sp³-hybridized carbons (Fsp3) is 0.143. The van der Waals surface area contributed by atoms with Crippen LogP contribution in [0.5, 0.6) is 5.75 Å². The number of benzene rings is 2. The number of hydrogen-bond donors (Lipinski definition) is 1. The SMILES string of the molecule is NCc1ccc(COc2c(F)cccc2F)c(Cl)c1. The number of nitrogens with two attached hydrogens (primary N) is 1. The molecule has 0 aliphatic carbocycles. The summed E-state index contributed by atoms with van der Waals surface area (Å²) < 4.78 is 31.9. The van der Waals surface area contributed by atoms with Gasteiger partial charge in [0.05, 0.1) is 0 Å². The highest BCUT2D eigenvalue weighted by atomic mass is 35.5. The highest BCUT2D eigenvalue weighted by Crippen LogP contribution is 2.24. The zero-order valence-electron chi connectivity index (χ0n) is 10.00. The van der Waals surface area contributed by atoms with Gasteiger partial charge in [0.2, 0.25) is 0 Å². The van der Waals surface area contributed by atoms with Gasteiger partial charge in [-0.25, -0.2) is 8.78 Å². The van der Waals surface area contributed by atoms with Gasteiger partial charge in [0.1, 0.15) is 6.61 Å². The first-order valence-electron chi connectivity index (χ1n) is 5.66. The number of ether oxygens (including phenoxy) is 1. The molecular formula is C14H12ClF2NO. The van der Waals surface area contributed by atoms with E-state index >= 15 is 0 Å². The second-order valence-electron chi connectivity index (χ2n) is 3.97. The lowest BCUT2D eigenvalue weighted by atomic mass is 10.1. The van der Waals surface area contributed by atoms with Crippen molar-refractivity contribution in [3.63, 3.8) is 0 Å². The van der Waals surface area contributed by atoms with Crippen LogP contribution in [-0.2, 0) is 13.2 Å². The van der Waals surface area contributed by atoms with E-state index in [-0.39, 0.29) is 6.61 Å². The standard InChI is InChI=1S/C14H12ClF2NO/c15-11-6-9(7-18)4-5-10(11)8-19-14-12(16)2-1-3-13(14)17/h1-6H,7-8,18H2. The highest BCUT2D eigenvalue weighted by molar-refractivity contribution is 6.31. The molecule has 0 spiro atoms. The molecule has 0 aromatic heterocycles. The van der Waals surface area contributed by atoms with Gasteiger partial charge in [0, 0.05) is 17.1 Å². The van der Waals surface area contributed by atoms with E-state index in [1.165, 1.54) is 6.07 Å². The van der Waals surface area contributed by atoms with E-state index in [4.69, 9.17) is 22.1 Å². The summed E-state index contributed by atoms with van der Waals surface area (Å²) in [4.78, 5) is 0. The number of para-hydroxylation sites is 1. The minimum Gasteiger partial charge on any atom is -0.483 e. The number of halogens is 3. The van der Waals surface area contributed by atoms with Gasteiger partial charge in [-0.2, -0.15) is 0 Å². The molecule has 0 radical (unpaired) electrons. The van der Waals surface area contributed by atoms with Crippen molar-refractivity contribution in [2.24, 2.45) is 5.73 Å².